The molecule has 0 spiro atoms. The minimum absolute atomic E-state index is 0.0843. The van der Waals surface area contributed by atoms with E-state index >= 15 is 4.39 Å². The van der Waals surface area contributed by atoms with E-state index < -0.39 is 14.2 Å². The van der Waals surface area contributed by atoms with Gasteiger partial charge in [0, 0.05) is 53.6 Å². The Morgan fingerprint density at radius 2 is 1.90 bits per heavy atom. The standard InChI is InChI=1S/C46H52F2N8O2SSi/c1-25(2)60(26(3)4,27(5)6)15-11-31-34(48)9-8-29-16-35-33(20-50-54-35)39(38(29)31)41-42-32(10-13-49-41)40-43(55-22-30-17-37(57)36(23-55)51-30)52-45(53-44(40)59-42)58-24-46-12-7-14-56(46)21-28(18-46)19-47/h8-10,13,16,19-20,25-27,30,36-37,51,57H,7,12,14,17-18,21-24H2,1-6H3,(H,50,54)/b28-19-/t30?,36?,37?,46-/m0/s1. The monoisotopic (exact) mass is 846 g/mol. The zero-order valence-corrected chi connectivity index (χ0v) is 36.9. The number of nitrogens with zero attached hydrogens (tertiary/aromatic N) is 6. The second-order valence-electron chi connectivity index (χ2n) is 18.6. The average molecular weight is 847 g/mol. The summed E-state index contributed by atoms with van der Waals surface area (Å²) in [6, 6.07) is 7.71. The lowest BCUT2D eigenvalue weighted by molar-refractivity contribution is 0.108. The Morgan fingerprint density at radius 1 is 1.08 bits per heavy atom. The van der Waals surface area contributed by atoms with Crippen molar-refractivity contribution in [3.8, 4) is 28.7 Å². The third kappa shape index (κ3) is 6.17. The van der Waals surface area contributed by atoms with Gasteiger partial charge in [-0.15, -0.1) is 16.9 Å². The van der Waals surface area contributed by atoms with Crippen LogP contribution in [0.1, 0.15) is 72.8 Å². The summed E-state index contributed by atoms with van der Waals surface area (Å²) >= 11 is 1.52. The van der Waals surface area contributed by atoms with Crippen LogP contribution in [0.15, 0.2) is 48.6 Å². The Morgan fingerprint density at radius 3 is 2.67 bits per heavy atom. The second kappa shape index (κ2) is 14.8. The number of pyridine rings is 1. The quantitative estimate of drug-likeness (QED) is 0.102. The van der Waals surface area contributed by atoms with E-state index in [2.05, 4.69) is 78.3 Å². The lowest BCUT2D eigenvalue weighted by Gasteiger charge is -2.38. The van der Waals surface area contributed by atoms with E-state index in [9.17, 15) is 9.50 Å². The van der Waals surface area contributed by atoms with E-state index in [-0.39, 0.29) is 29.5 Å². The van der Waals surface area contributed by atoms with Crippen molar-refractivity contribution in [3.63, 3.8) is 0 Å². The predicted octanol–water partition coefficient (Wildman–Crippen LogP) is 9.03. The van der Waals surface area contributed by atoms with Gasteiger partial charge < -0.3 is 20.1 Å². The highest BCUT2D eigenvalue weighted by Gasteiger charge is 2.48. The lowest BCUT2D eigenvalue weighted by atomic mass is 9.93. The zero-order valence-electron chi connectivity index (χ0n) is 35.1. The van der Waals surface area contributed by atoms with E-state index in [1.54, 1.807) is 6.20 Å². The zero-order chi connectivity index (χ0) is 41.7. The number of piperazine rings is 1. The van der Waals surface area contributed by atoms with Crippen LogP contribution in [0.25, 0.3) is 53.2 Å². The van der Waals surface area contributed by atoms with E-state index in [0.29, 0.717) is 67.0 Å². The number of fused-ring (bicyclic) bond motifs is 8. The number of aromatic nitrogens is 5. The van der Waals surface area contributed by atoms with E-state index in [1.165, 1.54) is 17.4 Å². The minimum Gasteiger partial charge on any atom is -0.461 e. The van der Waals surface area contributed by atoms with Crippen molar-refractivity contribution in [2.24, 2.45) is 0 Å². The van der Waals surface area contributed by atoms with Crippen LogP contribution in [0.4, 0.5) is 14.6 Å². The van der Waals surface area contributed by atoms with Gasteiger partial charge in [-0.1, -0.05) is 53.5 Å². The van der Waals surface area contributed by atoms with Crippen molar-refractivity contribution >= 4 is 67.2 Å². The largest absolute Gasteiger partial charge is 0.461 e. The Kier molecular flexibility index (Phi) is 9.79. The number of halogens is 2. The molecule has 4 saturated heterocycles. The third-order valence-corrected chi connectivity index (χ3v) is 21.7. The smallest absolute Gasteiger partial charge is 0.319 e. The number of hydrogen-bond acceptors (Lipinski definition) is 10. The molecule has 2 bridgehead atoms. The third-order valence-electron chi connectivity index (χ3n) is 14.3. The summed E-state index contributed by atoms with van der Waals surface area (Å²) in [5.41, 5.74) is 8.14. The van der Waals surface area contributed by atoms with Crippen LogP contribution in [0.5, 0.6) is 6.01 Å². The van der Waals surface area contributed by atoms with Crippen molar-refractivity contribution in [1.82, 2.24) is 35.4 Å². The van der Waals surface area contributed by atoms with Gasteiger partial charge in [-0.05, 0) is 78.0 Å². The SMILES string of the molecule is CC(C)[Si](C#Cc1c(F)ccc2cc3[nH]ncc3c(-c3nccc4c3sc3nc(OC[C@@]56CCCN5C/C(=C\F)C6)nc(N5CC6CC(O)C(C5)N6)c34)c12)(C(C)C)C(C)C. The molecule has 0 saturated carbocycles. The normalized spacial score (nSPS) is 24.0. The molecule has 4 fully saturated rings. The molecule has 4 aliphatic rings. The molecule has 0 aliphatic carbocycles. The summed E-state index contributed by atoms with van der Waals surface area (Å²) < 4.78 is 37.7. The summed E-state index contributed by atoms with van der Waals surface area (Å²) in [6.07, 6.45) is 7.20. The molecule has 312 valence electrons. The van der Waals surface area contributed by atoms with Crippen LogP contribution >= 0.6 is 11.3 Å². The van der Waals surface area contributed by atoms with Crippen molar-refractivity contribution in [1.29, 1.82) is 0 Å². The van der Waals surface area contributed by atoms with Gasteiger partial charge in [0.1, 0.15) is 31.1 Å². The highest BCUT2D eigenvalue weighted by Crippen LogP contribution is 2.48. The number of rotatable bonds is 8. The number of aromatic amines is 1. The number of anilines is 1. The van der Waals surface area contributed by atoms with Crippen LogP contribution < -0.4 is 15.0 Å². The first-order chi connectivity index (χ1) is 28.9. The number of aliphatic hydroxyl groups is 1. The van der Waals surface area contributed by atoms with E-state index in [0.717, 1.165) is 84.6 Å². The molecule has 6 aromatic rings. The fourth-order valence-electron chi connectivity index (χ4n) is 11.5. The van der Waals surface area contributed by atoms with Crippen LogP contribution in [0.2, 0.25) is 16.6 Å². The van der Waals surface area contributed by atoms with E-state index in [1.807, 2.05) is 24.4 Å². The maximum Gasteiger partial charge on any atom is 0.319 e. The van der Waals surface area contributed by atoms with Gasteiger partial charge >= 0.3 is 6.01 Å². The summed E-state index contributed by atoms with van der Waals surface area (Å²) in [5.74, 6) is 3.90. The molecule has 60 heavy (non-hydrogen) atoms. The summed E-state index contributed by atoms with van der Waals surface area (Å²) in [7, 11) is -2.22. The summed E-state index contributed by atoms with van der Waals surface area (Å²) in [5, 5.41) is 26.3. The molecule has 14 heteroatoms. The van der Waals surface area contributed by atoms with Crippen molar-refractivity contribution in [2.45, 2.75) is 108 Å². The Balaban J connectivity index is 1.18. The fraction of sp³-hybridized carbons (Fsp3) is 0.478. The molecule has 0 amide bonds. The number of thiophene rings is 1. The lowest BCUT2D eigenvalue weighted by Crippen LogP contribution is -2.53. The van der Waals surface area contributed by atoms with Gasteiger partial charge in [0.15, 0.2) is 0 Å². The number of nitrogens with one attached hydrogen (secondary N) is 2. The molecule has 4 aromatic heterocycles. The maximum absolute atomic E-state index is 16.5. The Labute approximate surface area is 353 Å². The fourth-order valence-corrected chi connectivity index (χ4v) is 17.9. The minimum atomic E-state index is -2.22. The Hall–Kier alpha value is -4.52. The number of aliphatic hydroxyl groups excluding tert-OH is 1. The molecule has 2 aromatic carbocycles. The number of H-pyrrole nitrogens is 1. The molecule has 8 heterocycles. The molecule has 10 rings (SSSR count). The molecule has 3 N–H and O–H groups in total. The predicted molar refractivity (Wildman–Crippen MR) is 240 cm³/mol. The second-order valence-corrected chi connectivity index (χ2v) is 25.1. The van der Waals surface area contributed by atoms with Gasteiger partial charge in [0.25, 0.3) is 0 Å². The molecular formula is C46H52F2N8O2SSi. The van der Waals surface area contributed by atoms with Crippen LogP contribution in [-0.4, -0.2) is 99.7 Å². The summed E-state index contributed by atoms with van der Waals surface area (Å²) in [4.78, 5) is 20.7. The molecule has 4 aliphatic heterocycles. The first-order valence-corrected chi connectivity index (χ1v) is 24.5. The van der Waals surface area contributed by atoms with Crippen LogP contribution in [0.3, 0.4) is 0 Å². The highest BCUT2D eigenvalue weighted by atomic mass is 32.1. The van der Waals surface area contributed by atoms with Crippen LogP contribution in [0, 0.1) is 17.3 Å². The number of ether oxygens (including phenoxy) is 1. The topological polar surface area (TPSA) is 115 Å². The van der Waals surface area contributed by atoms with Gasteiger partial charge in [-0.3, -0.25) is 15.0 Å². The van der Waals surface area contributed by atoms with Gasteiger partial charge in [0.2, 0.25) is 0 Å². The van der Waals surface area contributed by atoms with Gasteiger partial charge in [0.05, 0.1) is 57.1 Å². The van der Waals surface area contributed by atoms with Crippen molar-refractivity contribution in [2.75, 3.05) is 37.7 Å². The Bertz CT molecular complexity index is 2750. The van der Waals surface area contributed by atoms with Crippen LogP contribution in [-0.2, 0) is 0 Å². The highest BCUT2D eigenvalue weighted by molar-refractivity contribution is 7.26. The van der Waals surface area contributed by atoms with Gasteiger partial charge in [-0.2, -0.15) is 15.1 Å². The average Bonchev–Trinajstić information content (AvgIpc) is 4.04. The first-order valence-electron chi connectivity index (χ1n) is 21.5. The number of hydrogen-bond donors (Lipinski definition) is 3. The molecule has 10 nitrogen and oxygen atoms in total. The van der Waals surface area contributed by atoms with Crippen molar-refractivity contribution in [3.05, 3.63) is 59.9 Å². The summed E-state index contributed by atoms with van der Waals surface area (Å²) in [6.45, 7) is 16.8. The van der Waals surface area contributed by atoms with E-state index in [4.69, 9.17) is 19.7 Å². The molecule has 3 unspecified atom stereocenters. The maximum atomic E-state index is 16.5. The number of benzene rings is 2. The first kappa shape index (κ1) is 39.6. The molecule has 4 atom stereocenters. The van der Waals surface area contributed by atoms with Crippen molar-refractivity contribution < 1.29 is 18.6 Å². The van der Waals surface area contributed by atoms with Gasteiger partial charge in [-0.25, -0.2) is 8.78 Å². The molecular weight excluding hydrogens is 795 g/mol. The molecule has 0 radical (unpaired) electrons.